The van der Waals surface area contributed by atoms with Gasteiger partial charge in [-0.1, -0.05) is 19.1 Å². The molecule has 0 spiro atoms. The third-order valence-corrected chi connectivity index (χ3v) is 3.44. The van der Waals surface area contributed by atoms with Gasteiger partial charge < -0.3 is 25.2 Å². The van der Waals surface area contributed by atoms with Crippen molar-refractivity contribution in [2.45, 2.75) is 52.2 Å². The number of benzene rings is 1. The Hall–Kier alpha value is -1.79. The van der Waals surface area contributed by atoms with E-state index in [1.165, 1.54) is 0 Å². The van der Waals surface area contributed by atoms with Crippen LogP contribution in [0.3, 0.4) is 0 Å². The van der Waals surface area contributed by atoms with Crippen LogP contribution in [0, 0.1) is 0 Å². The summed E-state index contributed by atoms with van der Waals surface area (Å²) in [6, 6.07) is 5.60. The smallest absolute Gasteiger partial charge is 0.258 e. The topological polar surface area (TPSA) is 79.8 Å². The normalized spacial score (nSPS) is 12.6. The molecule has 0 fully saturated rings. The van der Waals surface area contributed by atoms with Crippen LogP contribution in [0.15, 0.2) is 18.2 Å². The zero-order chi connectivity index (χ0) is 18.2. The van der Waals surface area contributed by atoms with Gasteiger partial charge in [-0.3, -0.25) is 4.79 Å². The second-order valence-electron chi connectivity index (χ2n) is 6.70. The Balaban J connectivity index is 2.81. The molecule has 3 N–H and O–H groups in total. The van der Waals surface area contributed by atoms with Crippen molar-refractivity contribution in [1.82, 2.24) is 10.6 Å². The molecule has 1 amide bonds. The van der Waals surface area contributed by atoms with Crippen LogP contribution in [0.4, 0.5) is 0 Å². The van der Waals surface area contributed by atoms with Crippen LogP contribution in [0.25, 0.3) is 0 Å². The van der Waals surface area contributed by atoms with Crippen molar-refractivity contribution in [3.8, 4) is 11.5 Å². The standard InChI is InChI=1S/C18H30N2O4/c1-6-14(11-21)19-10-13-8-7-9-15(23-5)17(13)24-12-16(22)20-18(2,3)4/h7-9,14,19,21H,6,10-12H2,1-5H3,(H,20,22)/t14-/m0/s1. The van der Waals surface area contributed by atoms with E-state index in [9.17, 15) is 9.90 Å². The lowest BCUT2D eigenvalue weighted by Gasteiger charge is -2.21. The van der Waals surface area contributed by atoms with Crippen molar-refractivity contribution in [1.29, 1.82) is 0 Å². The van der Waals surface area contributed by atoms with Gasteiger partial charge in [0.05, 0.1) is 13.7 Å². The lowest BCUT2D eigenvalue weighted by atomic mass is 10.1. The fraction of sp³-hybridized carbons (Fsp3) is 0.611. The summed E-state index contributed by atoms with van der Waals surface area (Å²) in [6.07, 6.45) is 0.824. The number of hydrogen-bond donors (Lipinski definition) is 3. The van der Waals surface area contributed by atoms with Crippen molar-refractivity contribution >= 4 is 5.91 Å². The molecular weight excluding hydrogens is 308 g/mol. The summed E-state index contributed by atoms with van der Waals surface area (Å²) < 4.78 is 11.1. The molecule has 1 aromatic carbocycles. The zero-order valence-electron chi connectivity index (χ0n) is 15.3. The Kier molecular flexibility index (Phi) is 8.01. The number of carbonyl (C=O) groups excluding carboxylic acids is 1. The van der Waals surface area contributed by atoms with E-state index in [1.807, 2.05) is 39.8 Å². The van der Waals surface area contributed by atoms with Gasteiger partial charge in [0.15, 0.2) is 18.1 Å². The number of aliphatic hydroxyl groups is 1. The number of rotatable bonds is 9. The Morgan fingerprint density at radius 3 is 2.58 bits per heavy atom. The molecule has 0 heterocycles. The molecule has 6 heteroatoms. The number of amides is 1. The van der Waals surface area contributed by atoms with E-state index in [2.05, 4.69) is 10.6 Å². The molecule has 1 aromatic rings. The number of para-hydroxylation sites is 1. The van der Waals surface area contributed by atoms with Crippen molar-refractivity contribution < 1.29 is 19.4 Å². The van der Waals surface area contributed by atoms with E-state index in [1.54, 1.807) is 13.2 Å². The maximum Gasteiger partial charge on any atom is 0.258 e. The molecule has 0 aliphatic rings. The van der Waals surface area contributed by atoms with Crippen LogP contribution in [0.5, 0.6) is 11.5 Å². The highest BCUT2D eigenvalue weighted by Crippen LogP contribution is 2.31. The van der Waals surface area contributed by atoms with Crippen LogP contribution in [-0.4, -0.2) is 42.9 Å². The third kappa shape index (κ3) is 6.76. The second kappa shape index (κ2) is 9.49. The summed E-state index contributed by atoms with van der Waals surface area (Å²) in [7, 11) is 1.57. The highest BCUT2D eigenvalue weighted by molar-refractivity contribution is 5.78. The first kappa shape index (κ1) is 20.3. The van der Waals surface area contributed by atoms with Crippen LogP contribution < -0.4 is 20.1 Å². The Labute approximate surface area is 144 Å². The maximum absolute atomic E-state index is 12.0. The molecule has 0 aromatic heterocycles. The summed E-state index contributed by atoms with van der Waals surface area (Å²) in [5.74, 6) is 0.938. The van der Waals surface area contributed by atoms with E-state index >= 15 is 0 Å². The van der Waals surface area contributed by atoms with Crippen molar-refractivity contribution in [2.24, 2.45) is 0 Å². The number of hydrogen-bond acceptors (Lipinski definition) is 5. The van der Waals surface area contributed by atoms with Gasteiger partial charge in [0, 0.05) is 23.7 Å². The summed E-state index contributed by atoms with van der Waals surface area (Å²) >= 11 is 0. The molecular formula is C18H30N2O4. The lowest BCUT2D eigenvalue weighted by molar-refractivity contribution is -0.124. The van der Waals surface area contributed by atoms with E-state index in [-0.39, 0.29) is 30.7 Å². The fourth-order valence-corrected chi connectivity index (χ4v) is 2.21. The average Bonchev–Trinajstić information content (AvgIpc) is 2.52. The molecule has 0 unspecified atom stereocenters. The first-order valence-electron chi connectivity index (χ1n) is 8.24. The largest absolute Gasteiger partial charge is 0.493 e. The summed E-state index contributed by atoms with van der Waals surface area (Å²) in [5, 5.41) is 15.4. The maximum atomic E-state index is 12.0. The summed E-state index contributed by atoms with van der Waals surface area (Å²) in [4.78, 5) is 12.0. The molecule has 6 nitrogen and oxygen atoms in total. The van der Waals surface area contributed by atoms with Gasteiger partial charge in [-0.05, 0) is 33.3 Å². The second-order valence-corrected chi connectivity index (χ2v) is 6.70. The van der Waals surface area contributed by atoms with Crippen molar-refractivity contribution in [2.75, 3.05) is 20.3 Å². The van der Waals surface area contributed by atoms with E-state index < -0.39 is 0 Å². The van der Waals surface area contributed by atoms with Gasteiger partial charge >= 0.3 is 0 Å². The average molecular weight is 338 g/mol. The highest BCUT2D eigenvalue weighted by Gasteiger charge is 2.17. The molecule has 1 rings (SSSR count). The fourth-order valence-electron chi connectivity index (χ4n) is 2.21. The molecule has 0 bridgehead atoms. The van der Waals surface area contributed by atoms with Crippen molar-refractivity contribution in [3.63, 3.8) is 0 Å². The zero-order valence-corrected chi connectivity index (χ0v) is 15.3. The monoisotopic (exact) mass is 338 g/mol. The highest BCUT2D eigenvalue weighted by atomic mass is 16.5. The van der Waals surface area contributed by atoms with Crippen LogP contribution >= 0.6 is 0 Å². The Bertz CT molecular complexity index is 522. The molecule has 1 atom stereocenters. The SMILES string of the molecule is CC[C@@H](CO)NCc1cccc(OC)c1OCC(=O)NC(C)(C)C. The van der Waals surface area contributed by atoms with Gasteiger partial charge in [-0.25, -0.2) is 0 Å². The van der Waals surface area contributed by atoms with Gasteiger partial charge in [-0.15, -0.1) is 0 Å². The molecule has 0 aliphatic carbocycles. The Morgan fingerprint density at radius 1 is 1.33 bits per heavy atom. The third-order valence-electron chi connectivity index (χ3n) is 3.44. The van der Waals surface area contributed by atoms with Crippen LogP contribution in [-0.2, 0) is 11.3 Å². The first-order chi connectivity index (χ1) is 11.3. The minimum atomic E-state index is -0.304. The molecule has 136 valence electrons. The van der Waals surface area contributed by atoms with Gasteiger partial charge in [-0.2, -0.15) is 0 Å². The van der Waals surface area contributed by atoms with Crippen molar-refractivity contribution in [3.05, 3.63) is 23.8 Å². The number of carbonyl (C=O) groups is 1. The molecule has 0 saturated carbocycles. The van der Waals surface area contributed by atoms with Gasteiger partial charge in [0.1, 0.15) is 0 Å². The predicted molar refractivity (Wildman–Crippen MR) is 94.4 cm³/mol. The number of nitrogens with one attached hydrogen (secondary N) is 2. The van der Waals surface area contributed by atoms with E-state index in [0.717, 1.165) is 12.0 Å². The van der Waals surface area contributed by atoms with Crippen LogP contribution in [0.1, 0.15) is 39.7 Å². The molecule has 0 radical (unpaired) electrons. The number of aliphatic hydroxyl groups excluding tert-OH is 1. The summed E-state index contributed by atoms with van der Waals surface area (Å²) in [6.45, 7) is 8.28. The van der Waals surface area contributed by atoms with Gasteiger partial charge in [0.2, 0.25) is 0 Å². The van der Waals surface area contributed by atoms with Crippen LogP contribution in [0.2, 0.25) is 0 Å². The van der Waals surface area contributed by atoms with Gasteiger partial charge in [0.25, 0.3) is 5.91 Å². The summed E-state index contributed by atoms with van der Waals surface area (Å²) in [5.41, 5.74) is 0.575. The quantitative estimate of drug-likeness (QED) is 0.640. The molecule has 0 aliphatic heterocycles. The lowest BCUT2D eigenvalue weighted by Crippen LogP contribution is -2.43. The van der Waals surface area contributed by atoms with E-state index in [0.29, 0.717) is 18.0 Å². The Morgan fingerprint density at radius 2 is 2.04 bits per heavy atom. The minimum absolute atomic E-state index is 0.0215. The molecule has 0 saturated heterocycles. The number of ether oxygens (including phenoxy) is 2. The molecule has 24 heavy (non-hydrogen) atoms. The number of methoxy groups -OCH3 is 1. The van der Waals surface area contributed by atoms with E-state index in [4.69, 9.17) is 9.47 Å². The first-order valence-corrected chi connectivity index (χ1v) is 8.24. The minimum Gasteiger partial charge on any atom is -0.493 e. The predicted octanol–water partition coefficient (Wildman–Crippen LogP) is 1.85.